The zero-order valence-corrected chi connectivity index (χ0v) is 22.2. The lowest BCUT2D eigenvalue weighted by molar-refractivity contribution is 0.475. The topological polar surface area (TPSA) is 93.7 Å². The molecule has 0 saturated carbocycles. The Labute approximate surface area is 231 Å². The molecule has 0 spiro atoms. The number of anilines is 1. The molecular formula is C33H28N6O. The second kappa shape index (κ2) is 10.7. The number of benzene rings is 1. The maximum absolute atomic E-state index is 9.68. The van der Waals surface area contributed by atoms with Gasteiger partial charge < -0.3 is 20.0 Å². The summed E-state index contributed by atoms with van der Waals surface area (Å²) in [5.41, 5.74) is 10.6. The molecule has 1 aromatic carbocycles. The van der Waals surface area contributed by atoms with Crippen LogP contribution < -0.4 is 4.90 Å². The molecule has 0 saturated heterocycles. The Kier molecular flexibility index (Phi) is 6.68. The molecule has 7 heteroatoms. The van der Waals surface area contributed by atoms with Crippen LogP contribution in [0.25, 0.3) is 45.9 Å². The quantitative estimate of drug-likeness (QED) is 0.228. The van der Waals surface area contributed by atoms with E-state index in [2.05, 4.69) is 26.0 Å². The maximum Gasteiger partial charge on any atom is 0.115 e. The van der Waals surface area contributed by atoms with E-state index in [0.717, 1.165) is 56.0 Å². The first-order valence-corrected chi connectivity index (χ1v) is 12.9. The number of phenolic OH excluding ortho intramolecular Hbond substituents is 1. The molecule has 0 aliphatic carbocycles. The van der Waals surface area contributed by atoms with E-state index in [1.54, 1.807) is 24.5 Å². The molecule has 2 aliphatic heterocycles. The van der Waals surface area contributed by atoms with E-state index in [1.165, 1.54) is 5.69 Å². The van der Waals surface area contributed by atoms with E-state index in [-0.39, 0.29) is 5.75 Å². The van der Waals surface area contributed by atoms with E-state index in [9.17, 15) is 5.11 Å². The highest BCUT2D eigenvalue weighted by atomic mass is 16.3. The third kappa shape index (κ3) is 5.68. The van der Waals surface area contributed by atoms with Gasteiger partial charge >= 0.3 is 0 Å². The molecule has 4 aromatic heterocycles. The van der Waals surface area contributed by atoms with Crippen molar-refractivity contribution in [1.29, 1.82) is 0 Å². The highest BCUT2D eigenvalue weighted by Gasteiger charge is 2.13. The zero-order chi connectivity index (χ0) is 27.5. The van der Waals surface area contributed by atoms with Gasteiger partial charge in [-0.1, -0.05) is 12.1 Å². The molecule has 0 fully saturated rings. The van der Waals surface area contributed by atoms with Crippen molar-refractivity contribution in [3.8, 4) is 5.75 Å². The Morgan fingerprint density at radius 3 is 1.73 bits per heavy atom. The minimum absolute atomic E-state index is 0.245. The van der Waals surface area contributed by atoms with Gasteiger partial charge in [0.2, 0.25) is 0 Å². The van der Waals surface area contributed by atoms with Crippen molar-refractivity contribution in [1.82, 2.24) is 24.9 Å². The molecule has 40 heavy (non-hydrogen) atoms. The lowest BCUT2D eigenvalue weighted by atomic mass is 10.0. The molecule has 2 aliphatic rings. The smallest absolute Gasteiger partial charge is 0.115 e. The van der Waals surface area contributed by atoms with Crippen LogP contribution in [0.2, 0.25) is 0 Å². The molecule has 6 heterocycles. The first-order chi connectivity index (χ1) is 19.5. The molecule has 196 valence electrons. The number of aromatic nitrogens is 5. The van der Waals surface area contributed by atoms with Crippen LogP contribution in [0.4, 0.5) is 5.69 Å². The number of aromatic amines is 2. The van der Waals surface area contributed by atoms with Gasteiger partial charge in [-0.05, 0) is 96.6 Å². The minimum atomic E-state index is 0.245. The predicted octanol–water partition coefficient (Wildman–Crippen LogP) is 6.93. The van der Waals surface area contributed by atoms with E-state index in [4.69, 9.17) is 4.98 Å². The van der Waals surface area contributed by atoms with Gasteiger partial charge in [-0.2, -0.15) is 0 Å². The Hall–Kier alpha value is -5.43. The first-order valence-electron chi connectivity index (χ1n) is 12.9. The van der Waals surface area contributed by atoms with Crippen molar-refractivity contribution in [3.05, 3.63) is 126 Å². The number of H-pyrrole nitrogens is 2. The Morgan fingerprint density at radius 2 is 1.18 bits per heavy atom. The molecular weight excluding hydrogens is 496 g/mol. The fourth-order valence-corrected chi connectivity index (χ4v) is 4.53. The largest absolute Gasteiger partial charge is 0.508 e. The molecule has 0 amide bonds. The number of phenols is 1. The van der Waals surface area contributed by atoms with E-state index in [1.807, 2.05) is 104 Å². The van der Waals surface area contributed by atoms with Gasteiger partial charge in [-0.3, -0.25) is 4.98 Å². The van der Waals surface area contributed by atoms with Gasteiger partial charge in [0.25, 0.3) is 0 Å². The summed E-state index contributed by atoms with van der Waals surface area (Å²) < 4.78 is 0. The van der Waals surface area contributed by atoms with Crippen molar-refractivity contribution in [2.75, 3.05) is 19.0 Å². The average Bonchev–Trinajstić information content (AvgIpc) is 3.76. The van der Waals surface area contributed by atoms with Gasteiger partial charge in [0.15, 0.2) is 0 Å². The van der Waals surface area contributed by atoms with Crippen molar-refractivity contribution >= 4 is 51.6 Å². The van der Waals surface area contributed by atoms with Crippen LogP contribution in [-0.4, -0.2) is 44.1 Å². The monoisotopic (exact) mass is 524 g/mol. The van der Waals surface area contributed by atoms with E-state index in [0.29, 0.717) is 0 Å². The number of pyridine rings is 1. The lowest BCUT2D eigenvalue weighted by Gasteiger charge is -2.10. The molecule has 0 radical (unpaired) electrons. The number of nitrogens with zero attached hydrogens (tertiary/aromatic N) is 4. The van der Waals surface area contributed by atoms with Gasteiger partial charge in [0, 0.05) is 59.8 Å². The molecule has 7 rings (SSSR count). The van der Waals surface area contributed by atoms with Crippen molar-refractivity contribution in [3.63, 3.8) is 0 Å². The van der Waals surface area contributed by atoms with Crippen LogP contribution in [0.1, 0.15) is 28.3 Å². The normalized spacial score (nSPS) is 11.9. The second-order valence-electron chi connectivity index (χ2n) is 9.74. The van der Waals surface area contributed by atoms with Crippen LogP contribution in [0.5, 0.6) is 5.75 Å². The van der Waals surface area contributed by atoms with Crippen LogP contribution in [-0.2, 0) is 0 Å². The Balaban J connectivity index is 0.000000276. The molecule has 8 bridgehead atoms. The summed E-state index contributed by atoms with van der Waals surface area (Å²) in [6, 6.07) is 27.4. The van der Waals surface area contributed by atoms with Gasteiger partial charge in [-0.15, -0.1) is 0 Å². The van der Waals surface area contributed by atoms with Crippen LogP contribution >= 0.6 is 0 Å². The Morgan fingerprint density at radius 1 is 0.625 bits per heavy atom. The van der Waals surface area contributed by atoms with Crippen LogP contribution in [0.3, 0.4) is 0 Å². The Bertz CT molecular complexity index is 1880. The summed E-state index contributed by atoms with van der Waals surface area (Å²) >= 11 is 0. The minimum Gasteiger partial charge on any atom is -0.508 e. The molecule has 5 aromatic rings. The van der Waals surface area contributed by atoms with E-state index < -0.39 is 0 Å². The van der Waals surface area contributed by atoms with Gasteiger partial charge in [0.1, 0.15) is 5.75 Å². The average molecular weight is 525 g/mol. The SMILES string of the molecule is CN(C)c1ccncc1.Oc1ccc(C2=Cc3cc4ccc(cc5nc(cc6ccc(cc2n3)[nH]6)C=C5)[nH]4)cc1. The summed E-state index contributed by atoms with van der Waals surface area (Å²) in [7, 11) is 4.02. The van der Waals surface area contributed by atoms with Crippen LogP contribution in [0.15, 0.2) is 97.3 Å². The van der Waals surface area contributed by atoms with E-state index >= 15 is 0 Å². The lowest BCUT2D eigenvalue weighted by Crippen LogP contribution is -2.07. The number of nitrogens with one attached hydrogen (secondary N) is 2. The van der Waals surface area contributed by atoms with Crippen molar-refractivity contribution < 1.29 is 5.11 Å². The summed E-state index contributed by atoms with van der Waals surface area (Å²) in [4.78, 5) is 22.3. The molecule has 0 atom stereocenters. The maximum atomic E-state index is 9.68. The highest BCUT2D eigenvalue weighted by molar-refractivity contribution is 5.93. The van der Waals surface area contributed by atoms with Gasteiger partial charge in [-0.25, -0.2) is 9.97 Å². The summed E-state index contributed by atoms with van der Waals surface area (Å²) in [6.07, 6.45) is 9.67. The fraction of sp³-hybridized carbons (Fsp3) is 0.0606. The summed E-state index contributed by atoms with van der Waals surface area (Å²) in [6.45, 7) is 0. The molecule has 0 unspecified atom stereocenters. The van der Waals surface area contributed by atoms with Gasteiger partial charge in [0.05, 0.1) is 22.8 Å². The molecule has 3 N–H and O–H groups in total. The predicted molar refractivity (Wildman–Crippen MR) is 164 cm³/mol. The fourth-order valence-electron chi connectivity index (χ4n) is 4.53. The van der Waals surface area contributed by atoms with Crippen LogP contribution in [0, 0.1) is 0 Å². The third-order valence-corrected chi connectivity index (χ3v) is 6.52. The van der Waals surface area contributed by atoms with Crippen molar-refractivity contribution in [2.45, 2.75) is 0 Å². The first kappa shape index (κ1) is 24.9. The van der Waals surface area contributed by atoms with Crippen molar-refractivity contribution in [2.24, 2.45) is 0 Å². The number of aromatic hydroxyl groups is 1. The summed E-state index contributed by atoms with van der Waals surface area (Å²) in [5, 5.41) is 9.68. The number of hydrogen-bond acceptors (Lipinski definition) is 5. The third-order valence-electron chi connectivity index (χ3n) is 6.52. The summed E-state index contributed by atoms with van der Waals surface area (Å²) in [5.74, 6) is 0.245. The standard InChI is InChI=1S/C26H18N4O.C7H10N2/c31-24-9-1-16(2-10-24)25-14-23-13-21-6-5-19(28-21)11-17-3-4-18(27-17)12-20-7-8-22(29-20)15-26(25)30-23;1-9(2)7-3-5-8-6-4-7/h1-15,28-29,31H;3-6H,1-2H3. The highest BCUT2D eigenvalue weighted by Crippen LogP contribution is 2.30. The molecule has 7 nitrogen and oxygen atoms in total. The second-order valence-corrected chi connectivity index (χ2v) is 9.74. The number of fused-ring (bicyclic) bond motifs is 8. The number of hydrogen-bond donors (Lipinski definition) is 3. The number of rotatable bonds is 2. The zero-order valence-electron chi connectivity index (χ0n) is 22.2.